The van der Waals surface area contributed by atoms with Crippen LogP contribution in [-0.4, -0.2) is 4.99 Å². The number of thiocarbonyl (C=S) groups is 1. The van der Waals surface area contributed by atoms with Gasteiger partial charge in [0.05, 0.1) is 10.7 Å². The Morgan fingerprint density at radius 1 is 1.15 bits per heavy atom. The van der Waals surface area contributed by atoms with Gasteiger partial charge in [-0.05, 0) is 24.3 Å². The van der Waals surface area contributed by atoms with Gasteiger partial charge in [-0.3, -0.25) is 0 Å². The van der Waals surface area contributed by atoms with E-state index in [1.54, 1.807) is 18.2 Å². The largest absolute Gasteiger partial charge is 0.389 e. The summed E-state index contributed by atoms with van der Waals surface area (Å²) in [5, 5.41) is 3.09. The van der Waals surface area contributed by atoms with E-state index in [-0.39, 0.29) is 15.7 Å². The van der Waals surface area contributed by atoms with Crippen molar-refractivity contribution >= 4 is 51.8 Å². The molecule has 0 heterocycles. The van der Waals surface area contributed by atoms with E-state index in [9.17, 15) is 8.78 Å². The first kappa shape index (κ1) is 15.0. The van der Waals surface area contributed by atoms with Crippen molar-refractivity contribution in [2.24, 2.45) is 5.73 Å². The first-order valence-corrected chi connectivity index (χ1v) is 6.56. The van der Waals surface area contributed by atoms with Gasteiger partial charge in [-0.2, -0.15) is 0 Å². The fourth-order valence-electron chi connectivity index (χ4n) is 1.63. The molecule has 0 radical (unpaired) electrons. The van der Waals surface area contributed by atoms with Crippen LogP contribution in [-0.2, 0) is 0 Å². The molecule has 20 heavy (non-hydrogen) atoms. The Balaban J connectivity index is 2.48. The standard InChI is InChI=1S/C13H8Cl2F2N2S/c14-6-1-2-11(8(3-6)13(18)20)19-12-9(15)4-7(16)5-10(12)17/h1-5,19H,(H2,18,20). The van der Waals surface area contributed by atoms with Crippen molar-refractivity contribution in [1.82, 2.24) is 0 Å². The van der Waals surface area contributed by atoms with Crippen LogP contribution in [0.25, 0.3) is 0 Å². The molecule has 2 nitrogen and oxygen atoms in total. The maximum Gasteiger partial charge on any atom is 0.151 e. The van der Waals surface area contributed by atoms with Gasteiger partial charge in [0, 0.05) is 22.3 Å². The first-order valence-electron chi connectivity index (χ1n) is 5.39. The molecule has 0 saturated carbocycles. The van der Waals surface area contributed by atoms with Crippen molar-refractivity contribution in [2.45, 2.75) is 0 Å². The second-order valence-electron chi connectivity index (χ2n) is 3.92. The number of hydrogen-bond acceptors (Lipinski definition) is 2. The van der Waals surface area contributed by atoms with Crippen LogP contribution in [0.5, 0.6) is 0 Å². The van der Waals surface area contributed by atoms with Crippen LogP contribution in [0.3, 0.4) is 0 Å². The van der Waals surface area contributed by atoms with E-state index in [0.29, 0.717) is 16.3 Å². The van der Waals surface area contributed by atoms with Crippen LogP contribution in [0.4, 0.5) is 20.2 Å². The molecule has 0 fully saturated rings. The van der Waals surface area contributed by atoms with Crippen LogP contribution < -0.4 is 11.1 Å². The Bertz CT molecular complexity index is 669. The van der Waals surface area contributed by atoms with Gasteiger partial charge in [0.15, 0.2) is 5.82 Å². The number of anilines is 2. The zero-order chi connectivity index (χ0) is 14.9. The summed E-state index contributed by atoms with van der Waals surface area (Å²) >= 11 is 16.6. The predicted octanol–water partition coefficient (Wildman–Crippen LogP) is 4.65. The van der Waals surface area contributed by atoms with Crippen molar-refractivity contribution in [1.29, 1.82) is 0 Å². The van der Waals surface area contributed by atoms with Gasteiger partial charge in [-0.25, -0.2) is 8.78 Å². The van der Waals surface area contributed by atoms with E-state index < -0.39 is 11.6 Å². The number of halogens is 4. The summed E-state index contributed by atoms with van der Waals surface area (Å²) in [7, 11) is 0. The summed E-state index contributed by atoms with van der Waals surface area (Å²) in [6.45, 7) is 0. The highest BCUT2D eigenvalue weighted by Gasteiger charge is 2.13. The third-order valence-electron chi connectivity index (χ3n) is 2.51. The van der Waals surface area contributed by atoms with E-state index in [1.165, 1.54) is 0 Å². The smallest absolute Gasteiger partial charge is 0.151 e. The summed E-state index contributed by atoms with van der Waals surface area (Å²) in [5.74, 6) is -1.58. The quantitative estimate of drug-likeness (QED) is 0.803. The maximum absolute atomic E-state index is 13.7. The Morgan fingerprint density at radius 3 is 2.45 bits per heavy atom. The monoisotopic (exact) mass is 332 g/mol. The van der Waals surface area contributed by atoms with E-state index in [4.69, 9.17) is 41.2 Å². The van der Waals surface area contributed by atoms with Gasteiger partial charge >= 0.3 is 0 Å². The van der Waals surface area contributed by atoms with Crippen LogP contribution in [0.2, 0.25) is 10.0 Å². The molecule has 0 atom stereocenters. The molecule has 0 spiro atoms. The Labute approximate surface area is 129 Å². The number of nitrogens with one attached hydrogen (secondary N) is 1. The molecule has 0 aliphatic carbocycles. The number of hydrogen-bond donors (Lipinski definition) is 2. The fourth-order valence-corrected chi connectivity index (χ4v) is 2.21. The average molecular weight is 333 g/mol. The summed E-state index contributed by atoms with van der Waals surface area (Å²) in [5.41, 5.74) is 6.38. The lowest BCUT2D eigenvalue weighted by Crippen LogP contribution is -2.12. The zero-order valence-corrected chi connectivity index (χ0v) is 12.2. The van der Waals surface area contributed by atoms with Crippen molar-refractivity contribution < 1.29 is 8.78 Å². The average Bonchev–Trinajstić information content (AvgIpc) is 2.34. The highest BCUT2D eigenvalue weighted by molar-refractivity contribution is 7.80. The lowest BCUT2D eigenvalue weighted by molar-refractivity contribution is 0.586. The second kappa shape index (κ2) is 5.91. The number of rotatable bonds is 3. The third-order valence-corrected chi connectivity index (χ3v) is 3.27. The van der Waals surface area contributed by atoms with Gasteiger partial charge in [0.2, 0.25) is 0 Å². The third kappa shape index (κ3) is 3.17. The first-order chi connectivity index (χ1) is 9.38. The summed E-state index contributed by atoms with van der Waals surface area (Å²) in [6, 6.07) is 6.44. The molecule has 104 valence electrons. The minimum atomic E-state index is -0.821. The van der Waals surface area contributed by atoms with Gasteiger partial charge in [-0.15, -0.1) is 0 Å². The Hall–Kier alpha value is -1.43. The van der Waals surface area contributed by atoms with Crippen LogP contribution in [0.1, 0.15) is 5.56 Å². The van der Waals surface area contributed by atoms with Crippen LogP contribution >= 0.6 is 35.4 Å². The van der Waals surface area contributed by atoms with Gasteiger partial charge in [0.25, 0.3) is 0 Å². The number of benzene rings is 2. The van der Waals surface area contributed by atoms with Gasteiger partial charge in [-0.1, -0.05) is 35.4 Å². The van der Waals surface area contributed by atoms with E-state index >= 15 is 0 Å². The van der Waals surface area contributed by atoms with Gasteiger partial charge < -0.3 is 11.1 Å². The minimum absolute atomic E-state index is 0.0621. The summed E-state index contributed by atoms with van der Waals surface area (Å²) < 4.78 is 26.7. The topological polar surface area (TPSA) is 38.0 Å². The van der Waals surface area contributed by atoms with Crippen LogP contribution in [0, 0.1) is 11.6 Å². The molecule has 2 aromatic rings. The molecule has 2 rings (SSSR count). The van der Waals surface area contributed by atoms with E-state index in [0.717, 1.165) is 12.1 Å². The fraction of sp³-hybridized carbons (Fsp3) is 0. The lowest BCUT2D eigenvalue weighted by Gasteiger charge is -2.13. The summed E-state index contributed by atoms with van der Waals surface area (Å²) in [6.07, 6.45) is 0. The Kier molecular flexibility index (Phi) is 4.42. The van der Waals surface area contributed by atoms with E-state index in [1.807, 2.05) is 0 Å². The van der Waals surface area contributed by atoms with Crippen molar-refractivity contribution in [3.05, 3.63) is 57.6 Å². The van der Waals surface area contributed by atoms with Crippen molar-refractivity contribution in [3.8, 4) is 0 Å². The molecule has 0 amide bonds. The van der Waals surface area contributed by atoms with Crippen LogP contribution in [0.15, 0.2) is 30.3 Å². The molecule has 3 N–H and O–H groups in total. The molecule has 0 saturated heterocycles. The molecular weight excluding hydrogens is 325 g/mol. The van der Waals surface area contributed by atoms with Crippen molar-refractivity contribution in [3.63, 3.8) is 0 Å². The highest BCUT2D eigenvalue weighted by Crippen LogP contribution is 2.31. The molecule has 2 aromatic carbocycles. The lowest BCUT2D eigenvalue weighted by atomic mass is 10.1. The molecular formula is C13H8Cl2F2N2S. The molecule has 0 aliphatic heterocycles. The molecule has 0 bridgehead atoms. The molecule has 0 unspecified atom stereocenters. The summed E-state index contributed by atoms with van der Waals surface area (Å²) in [4.78, 5) is 0.0913. The maximum atomic E-state index is 13.7. The number of nitrogens with two attached hydrogens (primary N) is 1. The predicted molar refractivity (Wildman–Crippen MR) is 82.0 cm³/mol. The molecule has 7 heteroatoms. The minimum Gasteiger partial charge on any atom is -0.389 e. The highest BCUT2D eigenvalue weighted by atomic mass is 35.5. The Morgan fingerprint density at radius 2 is 1.85 bits per heavy atom. The SMILES string of the molecule is NC(=S)c1cc(Cl)ccc1Nc1c(F)cc(F)cc1Cl. The molecule has 0 aromatic heterocycles. The van der Waals surface area contributed by atoms with Crippen molar-refractivity contribution in [2.75, 3.05) is 5.32 Å². The normalized spacial score (nSPS) is 10.4. The van der Waals surface area contributed by atoms with Gasteiger partial charge in [0.1, 0.15) is 10.8 Å². The molecule has 0 aliphatic rings. The van der Waals surface area contributed by atoms with E-state index in [2.05, 4.69) is 5.32 Å². The second-order valence-corrected chi connectivity index (χ2v) is 5.21. The zero-order valence-electron chi connectivity index (χ0n) is 9.88.